The summed E-state index contributed by atoms with van der Waals surface area (Å²) in [6.07, 6.45) is 1.77. The number of hydrogen-bond acceptors (Lipinski definition) is 3. The topological polar surface area (TPSA) is 73.1 Å². The summed E-state index contributed by atoms with van der Waals surface area (Å²) in [6, 6.07) is 15.4. The minimum absolute atomic E-state index is 0. The largest absolute Gasteiger partial charge is 0.352 e. The van der Waals surface area contributed by atoms with E-state index in [-0.39, 0.29) is 24.0 Å². The molecule has 5 nitrogen and oxygen atoms in total. The molecule has 0 radical (unpaired) electrons. The first kappa shape index (κ1) is 17.9. The van der Waals surface area contributed by atoms with Crippen molar-refractivity contribution in [3.63, 3.8) is 0 Å². The second-order valence-corrected chi connectivity index (χ2v) is 4.41. The quantitative estimate of drug-likeness (QED) is 0.464. The standard InChI is InChI=1S/C16H17N5.HI/c1-18-16(21-12-15-4-2-3-9-19-15)20-11-14-7-5-13(10-17)6-8-14;/h2-9H,11-12H2,1H3,(H2,18,20,21);1H. The zero-order valence-corrected chi connectivity index (χ0v) is 14.6. The van der Waals surface area contributed by atoms with Gasteiger partial charge in [-0.3, -0.25) is 9.98 Å². The summed E-state index contributed by atoms with van der Waals surface area (Å²) in [7, 11) is 1.73. The fourth-order valence-electron chi connectivity index (χ4n) is 1.78. The summed E-state index contributed by atoms with van der Waals surface area (Å²) >= 11 is 0. The van der Waals surface area contributed by atoms with Crippen LogP contribution in [0.15, 0.2) is 53.7 Å². The van der Waals surface area contributed by atoms with Crippen LogP contribution in [0.1, 0.15) is 16.8 Å². The molecular formula is C16H18IN5. The van der Waals surface area contributed by atoms with Crippen molar-refractivity contribution in [2.75, 3.05) is 7.05 Å². The van der Waals surface area contributed by atoms with E-state index in [2.05, 4.69) is 26.7 Å². The van der Waals surface area contributed by atoms with E-state index in [1.165, 1.54) is 0 Å². The predicted molar refractivity (Wildman–Crippen MR) is 97.8 cm³/mol. The molecule has 0 aliphatic heterocycles. The molecule has 0 amide bonds. The normalized spacial score (nSPS) is 10.3. The highest BCUT2D eigenvalue weighted by molar-refractivity contribution is 14.0. The third-order valence-corrected chi connectivity index (χ3v) is 2.93. The Balaban J connectivity index is 0.00000242. The highest BCUT2D eigenvalue weighted by atomic mass is 127. The van der Waals surface area contributed by atoms with Crippen LogP contribution < -0.4 is 10.6 Å². The van der Waals surface area contributed by atoms with Gasteiger partial charge in [-0.05, 0) is 29.8 Å². The number of benzene rings is 1. The molecule has 6 heteroatoms. The first-order valence-electron chi connectivity index (χ1n) is 6.65. The molecule has 1 aromatic carbocycles. The summed E-state index contributed by atoms with van der Waals surface area (Å²) in [4.78, 5) is 8.41. The molecule has 0 aliphatic carbocycles. The Morgan fingerprint density at radius 3 is 2.45 bits per heavy atom. The minimum Gasteiger partial charge on any atom is -0.352 e. The molecule has 1 aromatic heterocycles. The molecule has 2 rings (SSSR count). The summed E-state index contributed by atoms with van der Waals surface area (Å²) in [6.45, 7) is 1.27. The van der Waals surface area contributed by atoms with Gasteiger partial charge in [0.1, 0.15) is 0 Å². The number of aliphatic imine (C=N–C) groups is 1. The second-order valence-electron chi connectivity index (χ2n) is 4.41. The lowest BCUT2D eigenvalue weighted by atomic mass is 10.1. The van der Waals surface area contributed by atoms with E-state index in [0.717, 1.165) is 11.3 Å². The Hall–Kier alpha value is -2.14. The van der Waals surface area contributed by atoms with E-state index in [4.69, 9.17) is 5.26 Å². The van der Waals surface area contributed by atoms with E-state index >= 15 is 0 Å². The lowest BCUT2D eigenvalue weighted by Gasteiger charge is -2.11. The Morgan fingerprint density at radius 1 is 1.14 bits per heavy atom. The maximum atomic E-state index is 8.76. The fraction of sp³-hybridized carbons (Fsp3) is 0.188. The summed E-state index contributed by atoms with van der Waals surface area (Å²) in [5.41, 5.74) is 2.71. The van der Waals surface area contributed by atoms with E-state index < -0.39 is 0 Å². The van der Waals surface area contributed by atoms with Crippen molar-refractivity contribution in [3.8, 4) is 6.07 Å². The molecule has 0 spiro atoms. The zero-order chi connectivity index (χ0) is 14.9. The van der Waals surface area contributed by atoms with Gasteiger partial charge in [0.05, 0.1) is 23.9 Å². The van der Waals surface area contributed by atoms with Crippen molar-refractivity contribution in [2.45, 2.75) is 13.1 Å². The van der Waals surface area contributed by atoms with Gasteiger partial charge in [0.25, 0.3) is 0 Å². The van der Waals surface area contributed by atoms with Gasteiger partial charge in [0, 0.05) is 19.8 Å². The van der Waals surface area contributed by atoms with E-state index in [1.807, 2.05) is 30.3 Å². The average Bonchev–Trinajstić information content (AvgIpc) is 2.56. The van der Waals surface area contributed by atoms with Crippen LogP contribution in [0.3, 0.4) is 0 Å². The third kappa shape index (κ3) is 5.69. The number of pyridine rings is 1. The van der Waals surface area contributed by atoms with Crippen molar-refractivity contribution < 1.29 is 0 Å². The maximum absolute atomic E-state index is 8.76. The summed E-state index contributed by atoms with van der Waals surface area (Å²) in [5, 5.41) is 15.2. The van der Waals surface area contributed by atoms with Crippen molar-refractivity contribution in [3.05, 3.63) is 65.5 Å². The van der Waals surface area contributed by atoms with Crippen LogP contribution in [0.25, 0.3) is 0 Å². The number of nitrogens with one attached hydrogen (secondary N) is 2. The van der Waals surface area contributed by atoms with Gasteiger partial charge < -0.3 is 10.6 Å². The van der Waals surface area contributed by atoms with Crippen LogP contribution in [0.4, 0.5) is 0 Å². The zero-order valence-electron chi connectivity index (χ0n) is 12.3. The lowest BCUT2D eigenvalue weighted by Crippen LogP contribution is -2.36. The van der Waals surface area contributed by atoms with Gasteiger partial charge in [-0.1, -0.05) is 18.2 Å². The van der Waals surface area contributed by atoms with Crippen LogP contribution in [0, 0.1) is 11.3 Å². The molecule has 2 aromatic rings. The summed E-state index contributed by atoms with van der Waals surface area (Å²) in [5.74, 6) is 0.713. The van der Waals surface area contributed by atoms with Crippen molar-refractivity contribution in [1.82, 2.24) is 15.6 Å². The monoisotopic (exact) mass is 407 g/mol. The molecule has 0 saturated heterocycles. The number of halogens is 1. The predicted octanol–water partition coefficient (Wildman–Crippen LogP) is 2.44. The Bertz CT molecular complexity index is 632. The molecule has 1 heterocycles. The van der Waals surface area contributed by atoms with Gasteiger partial charge in [-0.25, -0.2) is 0 Å². The highest BCUT2D eigenvalue weighted by Crippen LogP contribution is 2.02. The molecule has 0 saturated carbocycles. The number of nitrogens with zero attached hydrogens (tertiary/aromatic N) is 3. The number of guanidine groups is 1. The molecule has 22 heavy (non-hydrogen) atoms. The van der Waals surface area contributed by atoms with Gasteiger partial charge in [0.2, 0.25) is 0 Å². The fourth-order valence-corrected chi connectivity index (χ4v) is 1.78. The van der Waals surface area contributed by atoms with Crippen molar-refractivity contribution >= 4 is 29.9 Å². The van der Waals surface area contributed by atoms with Crippen molar-refractivity contribution in [1.29, 1.82) is 5.26 Å². The van der Waals surface area contributed by atoms with Gasteiger partial charge in [0.15, 0.2) is 5.96 Å². The van der Waals surface area contributed by atoms with E-state index in [0.29, 0.717) is 24.6 Å². The van der Waals surface area contributed by atoms with Gasteiger partial charge >= 0.3 is 0 Å². The SMILES string of the molecule is CN=C(NCc1ccc(C#N)cc1)NCc1ccccn1.I. The molecule has 0 fully saturated rings. The molecule has 0 aliphatic rings. The van der Waals surface area contributed by atoms with Crippen LogP contribution in [-0.4, -0.2) is 18.0 Å². The smallest absolute Gasteiger partial charge is 0.191 e. The number of rotatable bonds is 4. The maximum Gasteiger partial charge on any atom is 0.191 e. The minimum atomic E-state index is 0. The molecule has 2 N–H and O–H groups in total. The van der Waals surface area contributed by atoms with Gasteiger partial charge in [-0.2, -0.15) is 5.26 Å². The second kappa shape index (κ2) is 9.73. The van der Waals surface area contributed by atoms with Crippen LogP contribution in [0.2, 0.25) is 0 Å². The number of hydrogen-bond donors (Lipinski definition) is 2. The molecule has 0 atom stereocenters. The molecular weight excluding hydrogens is 389 g/mol. The molecule has 0 unspecified atom stereocenters. The number of aromatic nitrogens is 1. The first-order chi connectivity index (χ1) is 10.3. The Morgan fingerprint density at radius 2 is 1.86 bits per heavy atom. The van der Waals surface area contributed by atoms with E-state index in [1.54, 1.807) is 25.4 Å². The van der Waals surface area contributed by atoms with Gasteiger partial charge in [-0.15, -0.1) is 24.0 Å². The summed E-state index contributed by atoms with van der Waals surface area (Å²) < 4.78 is 0. The van der Waals surface area contributed by atoms with Crippen LogP contribution >= 0.6 is 24.0 Å². The van der Waals surface area contributed by atoms with E-state index in [9.17, 15) is 0 Å². The highest BCUT2D eigenvalue weighted by Gasteiger charge is 1.99. The van der Waals surface area contributed by atoms with Crippen LogP contribution in [0.5, 0.6) is 0 Å². The molecule has 0 bridgehead atoms. The average molecular weight is 407 g/mol. The third-order valence-electron chi connectivity index (χ3n) is 2.93. The first-order valence-corrected chi connectivity index (χ1v) is 6.65. The lowest BCUT2D eigenvalue weighted by molar-refractivity contribution is 0.794. The molecule has 114 valence electrons. The Kier molecular flexibility index (Phi) is 7.92. The number of nitriles is 1. The van der Waals surface area contributed by atoms with Crippen LogP contribution in [-0.2, 0) is 13.1 Å². The Labute approximate surface area is 147 Å². The van der Waals surface area contributed by atoms with Crippen molar-refractivity contribution in [2.24, 2.45) is 4.99 Å².